The molecule has 0 aliphatic carbocycles. The van der Waals surface area contributed by atoms with Gasteiger partial charge in [0.1, 0.15) is 0 Å². The normalized spacial score (nSPS) is 11.6. The molecular formula is C8H11NO3S. The molecule has 1 rings (SSSR count). The van der Waals surface area contributed by atoms with Gasteiger partial charge >= 0.3 is 0 Å². The molecule has 0 fully saturated rings. The zero-order chi connectivity index (χ0) is 10.1. The summed E-state index contributed by atoms with van der Waals surface area (Å²) in [5.41, 5.74) is 6.71. The van der Waals surface area contributed by atoms with Gasteiger partial charge in [0.25, 0.3) is 10.1 Å². The summed E-state index contributed by atoms with van der Waals surface area (Å²) in [6, 6.07) is 4.58. The minimum atomic E-state index is -4.10. The first-order valence-corrected chi connectivity index (χ1v) is 5.16. The maximum atomic E-state index is 10.8. The molecule has 0 saturated carbocycles. The van der Waals surface area contributed by atoms with Crippen LogP contribution in [0, 0.1) is 6.92 Å². The molecule has 0 radical (unpaired) electrons. The lowest BCUT2D eigenvalue weighted by Crippen LogP contribution is -2.03. The number of hydrogen-bond acceptors (Lipinski definition) is 3. The Balaban J connectivity index is 3.29. The topological polar surface area (TPSA) is 80.4 Å². The highest BCUT2D eigenvalue weighted by molar-refractivity contribution is 7.85. The fourth-order valence-corrected chi connectivity index (χ4v) is 1.83. The molecule has 0 unspecified atom stereocenters. The largest absolute Gasteiger partial charge is 0.326 e. The molecule has 0 spiro atoms. The monoisotopic (exact) mass is 201 g/mol. The molecule has 0 heterocycles. The van der Waals surface area contributed by atoms with E-state index in [0.29, 0.717) is 12.1 Å². The molecule has 1 aromatic carbocycles. The van der Waals surface area contributed by atoms with Crippen LogP contribution in [-0.2, 0) is 16.7 Å². The van der Waals surface area contributed by atoms with E-state index in [0.717, 1.165) is 5.56 Å². The van der Waals surface area contributed by atoms with Gasteiger partial charge in [0.15, 0.2) is 0 Å². The third-order valence-corrected chi connectivity index (χ3v) is 2.77. The fraction of sp³-hybridized carbons (Fsp3) is 0.250. The third-order valence-electron chi connectivity index (χ3n) is 1.75. The molecule has 4 nitrogen and oxygen atoms in total. The molecule has 0 bridgehead atoms. The SMILES string of the molecule is Cc1cc(CN)ccc1S(=O)(=O)O. The van der Waals surface area contributed by atoms with Crippen molar-refractivity contribution in [3.05, 3.63) is 29.3 Å². The van der Waals surface area contributed by atoms with E-state index >= 15 is 0 Å². The first kappa shape index (κ1) is 10.2. The fourth-order valence-electron chi connectivity index (χ4n) is 1.13. The standard InChI is InChI=1S/C8H11NO3S/c1-6-4-7(5-9)2-3-8(6)13(10,11)12/h2-4H,5,9H2,1H3,(H,10,11,12). The second-order valence-electron chi connectivity index (χ2n) is 2.78. The van der Waals surface area contributed by atoms with Crippen molar-refractivity contribution < 1.29 is 13.0 Å². The maximum Gasteiger partial charge on any atom is 0.294 e. The molecule has 72 valence electrons. The lowest BCUT2D eigenvalue weighted by Gasteiger charge is -2.03. The Morgan fingerprint density at radius 1 is 1.46 bits per heavy atom. The second kappa shape index (κ2) is 3.45. The predicted octanol–water partition coefficient (Wildman–Crippen LogP) is 0.700. The van der Waals surface area contributed by atoms with E-state index in [1.54, 1.807) is 19.1 Å². The Labute approximate surface area is 77.1 Å². The van der Waals surface area contributed by atoms with E-state index in [1.165, 1.54) is 6.07 Å². The van der Waals surface area contributed by atoms with Crippen LogP contribution in [0.4, 0.5) is 0 Å². The minimum absolute atomic E-state index is 0.0651. The van der Waals surface area contributed by atoms with Crippen molar-refractivity contribution in [2.75, 3.05) is 0 Å². The molecule has 0 aromatic heterocycles. The van der Waals surface area contributed by atoms with E-state index in [2.05, 4.69) is 0 Å². The van der Waals surface area contributed by atoms with Crippen molar-refractivity contribution in [1.29, 1.82) is 0 Å². The van der Waals surface area contributed by atoms with Crippen molar-refractivity contribution in [2.24, 2.45) is 5.73 Å². The predicted molar refractivity (Wildman–Crippen MR) is 48.9 cm³/mol. The van der Waals surface area contributed by atoms with Gasteiger partial charge in [-0.1, -0.05) is 12.1 Å². The number of rotatable bonds is 2. The number of hydrogen-bond donors (Lipinski definition) is 2. The van der Waals surface area contributed by atoms with Gasteiger partial charge in [-0.2, -0.15) is 8.42 Å². The lowest BCUT2D eigenvalue weighted by atomic mass is 10.1. The van der Waals surface area contributed by atoms with Crippen molar-refractivity contribution >= 4 is 10.1 Å². The minimum Gasteiger partial charge on any atom is -0.326 e. The van der Waals surface area contributed by atoms with E-state index in [-0.39, 0.29) is 4.90 Å². The summed E-state index contributed by atoms with van der Waals surface area (Å²) in [5.74, 6) is 0. The molecule has 0 saturated heterocycles. The highest BCUT2D eigenvalue weighted by Gasteiger charge is 2.12. The molecule has 0 amide bonds. The number of nitrogens with two attached hydrogens (primary N) is 1. The van der Waals surface area contributed by atoms with E-state index in [9.17, 15) is 8.42 Å². The van der Waals surface area contributed by atoms with E-state index in [1.807, 2.05) is 0 Å². The molecule has 1 aromatic rings. The van der Waals surface area contributed by atoms with Crippen LogP contribution in [0.3, 0.4) is 0 Å². The molecular weight excluding hydrogens is 190 g/mol. The Hall–Kier alpha value is -0.910. The van der Waals surface area contributed by atoms with Crippen LogP contribution in [0.25, 0.3) is 0 Å². The highest BCUT2D eigenvalue weighted by Crippen LogP contribution is 2.15. The van der Waals surface area contributed by atoms with Crippen molar-refractivity contribution in [3.63, 3.8) is 0 Å². The number of aryl methyl sites for hydroxylation is 1. The van der Waals surface area contributed by atoms with Gasteiger partial charge in [-0.15, -0.1) is 0 Å². The summed E-state index contributed by atoms with van der Waals surface area (Å²) in [6.45, 7) is 1.97. The summed E-state index contributed by atoms with van der Waals surface area (Å²) >= 11 is 0. The molecule has 13 heavy (non-hydrogen) atoms. The smallest absolute Gasteiger partial charge is 0.294 e. The van der Waals surface area contributed by atoms with Gasteiger partial charge in [0, 0.05) is 6.54 Å². The van der Waals surface area contributed by atoms with Crippen molar-refractivity contribution in [2.45, 2.75) is 18.4 Å². The maximum absolute atomic E-state index is 10.8. The summed E-state index contributed by atoms with van der Waals surface area (Å²) in [5, 5.41) is 0. The van der Waals surface area contributed by atoms with E-state index < -0.39 is 10.1 Å². The van der Waals surface area contributed by atoms with Crippen molar-refractivity contribution in [1.82, 2.24) is 0 Å². The van der Waals surface area contributed by atoms with Crippen LogP contribution in [0.2, 0.25) is 0 Å². The summed E-state index contributed by atoms with van der Waals surface area (Å²) in [7, 11) is -4.10. The second-order valence-corrected chi connectivity index (χ2v) is 4.17. The lowest BCUT2D eigenvalue weighted by molar-refractivity contribution is 0.482. The zero-order valence-corrected chi connectivity index (χ0v) is 8.00. The molecule has 3 N–H and O–H groups in total. The Morgan fingerprint density at radius 2 is 2.08 bits per heavy atom. The Kier molecular flexibility index (Phi) is 2.70. The molecule has 5 heteroatoms. The van der Waals surface area contributed by atoms with Crippen LogP contribution < -0.4 is 5.73 Å². The van der Waals surface area contributed by atoms with Gasteiger partial charge in [-0.05, 0) is 24.1 Å². The van der Waals surface area contributed by atoms with Gasteiger partial charge in [0.05, 0.1) is 4.90 Å². The van der Waals surface area contributed by atoms with Crippen LogP contribution in [0.15, 0.2) is 23.1 Å². The Morgan fingerprint density at radius 3 is 2.46 bits per heavy atom. The summed E-state index contributed by atoms with van der Waals surface area (Å²) in [4.78, 5) is -0.0651. The average Bonchev–Trinajstić information content (AvgIpc) is 2.01. The van der Waals surface area contributed by atoms with Gasteiger partial charge < -0.3 is 5.73 Å². The molecule has 0 aliphatic heterocycles. The van der Waals surface area contributed by atoms with Gasteiger partial charge in [-0.3, -0.25) is 4.55 Å². The van der Waals surface area contributed by atoms with E-state index in [4.69, 9.17) is 10.3 Å². The van der Waals surface area contributed by atoms with Crippen LogP contribution in [0.1, 0.15) is 11.1 Å². The summed E-state index contributed by atoms with van der Waals surface area (Å²) in [6.07, 6.45) is 0. The van der Waals surface area contributed by atoms with Crippen LogP contribution in [0.5, 0.6) is 0 Å². The quantitative estimate of drug-likeness (QED) is 0.690. The molecule has 0 aliphatic rings. The molecule has 0 atom stereocenters. The van der Waals surface area contributed by atoms with Crippen molar-refractivity contribution in [3.8, 4) is 0 Å². The average molecular weight is 201 g/mol. The zero-order valence-electron chi connectivity index (χ0n) is 7.19. The summed E-state index contributed by atoms with van der Waals surface area (Å²) < 4.78 is 30.3. The first-order chi connectivity index (χ1) is 5.95. The highest BCUT2D eigenvalue weighted by atomic mass is 32.2. The van der Waals surface area contributed by atoms with Gasteiger partial charge in [0.2, 0.25) is 0 Å². The van der Waals surface area contributed by atoms with Crippen LogP contribution >= 0.6 is 0 Å². The first-order valence-electron chi connectivity index (χ1n) is 3.72. The Bertz CT molecular complexity index is 411. The number of benzene rings is 1. The third kappa shape index (κ3) is 2.27. The van der Waals surface area contributed by atoms with Gasteiger partial charge in [-0.25, -0.2) is 0 Å². The van der Waals surface area contributed by atoms with Crippen LogP contribution in [-0.4, -0.2) is 13.0 Å².